The third-order valence-corrected chi connectivity index (χ3v) is 3.27. The Kier molecular flexibility index (Phi) is 5.91. The van der Waals surface area contributed by atoms with Gasteiger partial charge in [0.1, 0.15) is 5.75 Å². The van der Waals surface area contributed by atoms with E-state index in [-0.39, 0.29) is 5.91 Å². The molecule has 1 amide bonds. The van der Waals surface area contributed by atoms with E-state index in [2.05, 4.69) is 34.4 Å². The molecule has 0 bridgehead atoms. The first-order valence-electron chi connectivity index (χ1n) is 7.60. The predicted octanol–water partition coefficient (Wildman–Crippen LogP) is 3.00. The van der Waals surface area contributed by atoms with Crippen molar-refractivity contribution in [3.63, 3.8) is 0 Å². The number of rotatable bonds is 7. The molecular weight excluding hydrogens is 292 g/mol. The van der Waals surface area contributed by atoms with Crippen molar-refractivity contribution in [1.82, 2.24) is 15.3 Å². The number of hydrogen-bond donors (Lipinski definition) is 2. The number of carbonyl (C=O) groups is 1. The molecule has 6 nitrogen and oxygen atoms in total. The zero-order valence-electron chi connectivity index (χ0n) is 13.7. The fourth-order valence-corrected chi connectivity index (χ4v) is 1.95. The van der Waals surface area contributed by atoms with E-state index in [0.717, 1.165) is 12.1 Å². The molecule has 1 heterocycles. The summed E-state index contributed by atoms with van der Waals surface area (Å²) in [6.07, 6.45) is 3.96. The van der Waals surface area contributed by atoms with Gasteiger partial charge in [-0.05, 0) is 24.5 Å². The molecule has 0 fully saturated rings. The average molecular weight is 314 g/mol. The van der Waals surface area contributed by atoms with Gasteiger partial charge in [-0.3, -0.25) is 4.79 Å². The number of benzene rings is 1. The van der Waals surface area contributed by atoms with Gasteiger partial charge >= 0.3 is 0 Å². The van der Waals surface area contributed by atoms with Gasteiger partial charge in [0.05, 0.1) is 18.4 Å². The molecule has 0 unspecified atom stereocenters. The molecule has 2 aromatic rings. The van der Waals surface area contributed by atoms with Crippen LogP contribution < -0.4 is 15.4 Å². The number of carbonyl (C=O) groups excluding carboxylic acids is 1. The molecular formula is C17H22N4O2. The fraction of sp³-hybridized carbons (Fsp3) is 0.353. The number of aromatic nitrogens is 2. The monoisotopic (exact) mass is 314 g/mol. The number of hydrogen-bond acceptors (Lipinski definition) is 5. The quantitative estimate of drug-likeness (QED) is 0.821. The van der Waals surface area contributed by atoms with Gasteiger partial charge in [-0.1, -0.05) is 26.0 Å². The van der Waals surface area contributed by atoms with Crippen molar-refractivity contribution < 1.29 is 9.53 Å². The van der Waals surface area contributed by atoms with E-state index in [4.69, 9.17) is 4.74 Å². The minimum absolute atomic E-state index is 0.158. The standard InChI is InChI=1S/C17H22N4O2/c1-12(2)8-9-18-16(22)13-10-19-17(20-11-13)21-14-6-4-5-7-15(14)23-3/h4-7,10-12H,8-9H2,1-3H3,(H,18,22)(H,19,20,21). The van der Waals surface area contributed by atoms with Crippen LogP contribution in [0.5, 0.6) is 5.75 Å². The normalized spacial score (nSPS) is 10.4. The summed E-state index contributed by atoms with van der Waals surface area (Å²) in [6.45, 7) is 4.89. The summed E-state index contributed by atoms with van der Waals surface area (Å²) >= 11 is 0. The number of anilines is 2. The van der Waals surface area contributed by atoms with Crippen LogP contribution in [-0.2, 0) is 0 Å². The molecule has 0 saturated carbocycles. The van der Waals surface area contributed by atoms with E-state index in [0.29, 0.717) is 29.7 Å². The Hall–Kier alpha value is -2.63. The summed E-state index contributed by atoms with van der Waals surface area (Å²) in [5.74, 6) is 1.51. The molecule has 1 aromatic heterocycles. The highest BCUT2D eigenvalue weighted by Gasteiger charge is 2.08. The van der Waals surface area contributed by atoms with Gasteiger partial charge in [0, 0.05) is 18.9 Å². The lowest BCUT2D eigenvalue weighted by atomic mass is 10.1. The molecule has 2 N–H and O–H groups in total. The number of methoxy groups -OCH3 is 1. The highest BCUT2D eigenvalue weighted by Crippen LogP contribution is 2.25. The van der Waals surface area contributed by atoms with Gasteiger partial charge < -0.3 is 15.4 Å². The van der Waals surface area contributed by atoms with Crippen LogP contribution in [0.1, 0.15) is 30.6 Å². The van der Waals surface area contributed by atoms with Gasteiger partial charge in [-0.25, -0.2) is 9.97 Å². The van der Waals surface area contributed by atoms with E-state index in [1.807, 2.05) is 24.3 Å². The van der Waals surface area contributed by atoms with Crippen LogP contribution in [0.25, 0.3) is 0 Å². The summed E-state index contributed by atoms with van der Waals surface area (Å²) < 4.78 is 5.26. The predicted molar refractivity (Wildman–Crippen MR) is 90.1 cm³/mol. The lowest BCUT2D eigenvalue weighted by molar-refractivity contribution is 0.0951. The average Bonchev–Trinajstić information content (AvgIpc) is 2.55. The molecule has 0 radical (unpaired) electrons. The Morgan fingerprint density at radius 3 is 2.57 bits per heavy atom. The Morgan fingerprint density at radius 1 is 1.22 bits per heavy atom. The third-order valence-electron chi connectivity index (χ3n) is 3.27. The van der Waals surface area contributed by atoms with E-state index in [1.54, 1.807) is 7.11 Å². The molecule has 6 heteroatoms. The van der Waals surface area contributed by atoms with Crippen LogP contribution in [0.4, 0.5) is 11.6 Å². The maximum Gasteiger partial charge on any atom is 0.254 e. The number of para-hydroxylation sites is 2. The smallest absolute Gasteiger partial charge is 0.254 e. The zero-order chi connectivity index (χ0) is 16.7. The Bertz CT molecular complexity index is 641. The Morgan fingerprint density at radius 2 is 1.91 bits per heavy atom. The SMILES string of the molecule is COc1ccccc1Nc1ncc(C(=O)NCCC(C)C)cn1. The van der Waals surface area contributed by atoms with Crippen LogP contribution in [0.3, 0.4) is 0 Å². The van der Waals surface area contributed by atoms with Crippen molar-refractivity contribution in [2.75, 3.05) is 19.0 Å². The van der Waals surface area contributed by atoms with Crippen molar-refractivity contribution in [2.45, 2.75) is 20.3 Å². The van der Waals surface area contributed by atoms with Crippen LogP contribution in [-0.4, -0.2) is 29.5 Å². The molecule has 23 heavy (non-hydrogen) atoms. The molecule has 1 aromatic carbocycles. The van der Waals surface area contributed by atoms with Crippen LogP contribution in [0.2, 0.25) is 0 Å². The Labute approximate surface area is 136 Å². The molecule has 0 aliphatic rings. The molecule has 0 atom stereocenters. The van der Waals surface area contributed by atoms with E-state index >= 15 is 0 Å². The lowest BCUT2D eigenvalue weighted by Gasteiger charge is -2.10. The van der Waals surface area contributed by atoms with Crippen molar-refractivity contribution >= 4 is 17.5 Å². The first kappa shape index (κ1) is 16.7. The zero-order valence-corrected chi connectivity index (χ0v) is 13.7. The van der Waals surface area contributed by atoms with E-state index in [1.165, 1.54) is 12.4 Å². The summed E-state index contributed by atoms with van der Waals surface area (Å²) in [6, 6.07) is 7.49. The minimum Gasteiger partial charge on any atom is -0.495 e. The van der Waals surface area contributed by atoms with Crippen LogP contribution in [0, 0.1) is 5.92 Å². The van der Waals surface area contributed by atoms with Crippen molar-refractivity contribution in [3.8, 4) is 5.75 Å². The highest BCUT2D eigenvalue weighted by atomic mass is 16.5. The minimum atomic E-state index is -0.158. The summed E-state index contributed by atoms with van der Waals surface area (Å²) in [7, 11) is 1.60. The first-order chi connectivity index (χ1) is 11.1. The first-order valence-corrected chi connectivity index (χ1v) is 7.60. The fourth-order valence-electron chi connectivity index (χ4n) is 1.95. The topological polar surface area (TPSA) is 76.1 Å². The molecule has 0 saturated heterocycles. The molecule has 122 valence electrons. The third kappa shape index (κ3) is 4.95. The molecule has 0 aliphatic carbocycles. The number of nitrogens with zero attached hydrogens (tertiary/aromatic N) is 2. The van der Waals surface area contributed by atoms with Crippen molar-refractivity contribution in [2.24, 2.45) is 5.92 Å². The van der Waals surface area contributed by atoms with E-state index < -0.39 is 0 Å². The van der Waals surface area contributed by atoms with Crippen LogP contribution >= 0.6 is 0 Å². The maximum atomic E-state index is 12.0. The van der Waals surface area contributed by atoms with Crippen molar-refractivity contribution in [1.29, 1.82) is 0 Å². The number of amides is 1. The summed E-state index contributed by atoms with van der Waals surface area (Å²) in [4.78, 5) is 20.3. The van der Waals surface area contributed by atoms with E-state index in [9.17, 15) is 4.79 Å². The Balaban J connectivity index is 1.98. The van der Waals surface area contributed by atoms with Crippen molar-refractivity contribution in [3.05, 3.63) is 42.2 Å². The van der Waals surface area contributed by atoms with Gasteiger partial charge in [0.2, 0.25) is 5.95 Å². The number of ether oxygens (including phenoxy) is 1. The second kappa shape index (κ2) is 8.12. The highest BCUT2D eigenvalue weighted by molar-refractivity contribution is 5.93. The van der Waals surface area contributed by atoms with Gasteiger partial charge in [0.15, 0.2) is 0 Å². The van der Waals surface area contributed by atoms with Gasteiger partial charge in [0.25, 0.3) is 5.91 Å². The maximum absolute atomic E-state index is 12.0. The number of nitrogens with one attached hydrogen (secondary N) is 2. The lowest BCUT2D eigenvalue weighted by Crippen LogP contribution is -2.25. The van der Waals surface area contributed by atoms with Gasteiger partial charge in [-0.15, -0.1) is 0 Å². The summed E-state index contributed by atoms with van der Waals surface area (Å²) in [5.41, 5.74) is 1.21. The largest absolute Gasteiger partial charge is 0.495 e. The molecule has 0 spiro atoms. The molecule has 0 aliphatic heterocycles. The second-order valence-electron chi connectivity index (χ2n) is 5.56. The second-order valence-corrected chi connectivity index (χ2v) is 5.56. The summed E-state index contributed by atoms with van der Waals surface area (Å²) in [5, 5.41) is 5.93. The van der Waals surface area contributed by atoms with Gasteiger partial charge in [-0.2, -0.15) is 0 Å². The molecule has 2 rings (SSSR count). The van der Waals surface area contributed by atoms with Crippen LogP contribution in [0.15, 0.2) is 36.7 Å².